The molecule has 1 aromatic carbocycles. The first-order valence-corrected chi connectivity index (χ1v) is 3.71. The molecule has 0 saturated heterocycles. The van der Waals surface area contributed by atoms with Gasteiger partial charge < -0.3 is 15.3 Å². The molecular weight excluding hydrogens is 186 g/mol. The Balaban J connectivity index is 3.21. The van der Waals surface area contributed by atoms with E-state index in [2.05, 4.69) is 0 Å². The number of carboxylic acid groups (broad SMARTS) is 1. The van der Waals surface area contributed by atoms with E-state index in [1.165, 1.54) is 6.07 Å². The predicted octanol–water partition coefficient (Wildman–Crippen LogP) is 0.597. The lowest BCUT2D eigenvalue weighted by Gasteiger charge is -2.04. The number of aromatic hydroxyl groups is 2. The topological polar surface area (TPSA) is 102 Å². The van der Waals surface area contributed by atoms with Gasteiger partial charge in [-0.05, 0) is 6.07 Å². The first kappa shape index (κ1) is 9.86. The van der Waals surface area contributed by atoms with Crippen molar-refractivity contribution in [3.8, 4) is 17.6 Å². The van der Waals surface area contributed by atoms with Gasteiger partial charge in [-0.2, -0.15) is 5.26 Å². The zero-order valence-electron chi connectivity index (χ0n) is 7.06. The van der Waals surface area contributed by atoms with Gasteiger partial charge >= 0.3 is 5.97 Å². The van der Waals surface area contributed by atoms with Crippen molar-refractivity contribution in [1.82, 2.24) is 0 Å². The molecule has 3 N–H and O–H groups in total. The maximum atomic E-state index is 10.4. The largest absolute Gasteiger partial charge is 0.504 e. The molecule has 14 heavy (non-hydrogen) atoms. The highest BCUT2D eigenvalue weighted by molar-refractivity contribution is 5.72. The summed E-state index contributed by atoms with van der Waals surface area (Å²) in [5.74, 6) is -2.12. The molecule has 0 aliphatic rings. The number of nitrogens with zero attached hydrogens (tertiary/aromatic N) is 1. The molecule has 0 heterocycles. The predicted molar refractivity (Wildman–Crippen MR) is 45.8 cm³/mol. The van der Waals surface area contributed by atoms with E-state index < -0.39 is 23.9 Å². The third kappa shape index (κ3) is 1.93. The average Bonchev–Trinajstić information content (AvgIpc) is 2.11. The Hall–Kier alpha value is -2.22. The van der Waals surface area contributed by atoms with Crippen LogP contribution in [0.2, 0.25) is 0 Å². The summed E-state index contributed by atoms with van der Waals surface area (Å²) in [5.41, 5.74) is 0.130. The number of phenols is 2. The second kappa shape index (κ2) is 3.66. The fraction of sp³-hybridized carbons (Fsp3) is 0.111. The second-order valence-electron chi connectivity index (χ2n) is 2.69. The van der Waals surface area contributed by atoms with Gasteiger partial charge in [0.1, 0.15) is 0 Å². The van der Waals surface area contributed by atoms with Crippen LogP contribution in [0.1, 0.15) is 11.1 Å². The number of aliphatic carboxylic acids is 1. The van der Waals surface area contributed by atoms with Gasteiger partial charge in [0.05, 0.1) is 18.1 Å². The molecule has 0 saturated carbocycles. The summed E-state index contributed by atoms with van der Waals surface area (Å²) in [7, 11) is 0. The number of benzene rings is 1. The molecule has 0 aliphatic heterocycles. The summed E-state index contributed by atoms with van der Waals surface area (Å²) in [5, 5.41) is 35.4. The van der Waals surface area contributed by atoms with Crippen molar-refractivity contribution in [3.05, 3.63) is 23.3 Å². The van der Waals surface area contributed by atoms with Gasteiger partial charge in [0.15, 0.2) is 11.5 Å². The molecule has 0 aliphatic carbocycles. The van der Waals surface area contributed by atoms with Gasteiger partial charge in [-0.3, -0.25) is 4.79 Å². The Morgan fingerprint density at radius 1 is 1.43 bits per heavy atom. The fourth-order valence-corrected chi connectivity index (χ4v) is 1.04. The zero-order valence-corrected chi connectivity index (χ0v) is 7.06. The SMILES string of the molecule is N#Cc1cc(O)c(O)c(CC(=O)O)c1. The van der Waals surface area contributed by atoms with Crippen LogP contribution in [0.4, 0.5) is 0 Å². The van der Waals surface area contributed by atoms with Crippen LogP contribution in [0.5, 0.6) is 11.5 Å². The number of carboxylic acids is 1. The van der Waals surface area contributed by atoms with Gasteiger partial charge in [0, 0.05) is 11.6 Å². The van der Waals surface area contributed by atoms with E-state index in [0.717, 1.165) is 6.07 Å². The first-order valence-electron chi connectivity index (χ1n) is 3.71. The Kier molecular flexibility index (Phi) is 2.58. The number of rotatable bonds is 2. The normalized spacial score (nSPS) is 9.36. The van der Waals surface area contributed by atoms with E-state index in [9.17, 15) is 9.90 Å². The average molecular weight is 193 g/mol. The van der Waals surface area contributed by atoms with E-state index in [0.29, 0.717) is 0 Å². The van der Waals surface area contributed by atoms with Crippen molar-refractivity contribution < 1.29 is 20.1 Å². The molecule has 1 rings (SSSR count). The van der Waals surface area contributed by atoms with Crippen LogP contribution in [0, 0.1) is 11.3 Å². The lowest BCUT2D eigenvalue weighted by molar-refractivity contribution is -0.136. The van der Waals surface area contributed by atoms with Crippen LogP contribution in [0.25, 0.3) is 0 Å². The van der Waals surface area contributed by atoms with Crippen LogP contribution in [-0.4, -0.2) is 21.3 Å². The molecule has 0 radical (unpaired) electrons. The maximum absolute atomic E-state index is 10.4. The summed E-state index contributed by atoms with van der Waals surface area (Å²) < 4.78 is 0. The number of carbonyl (C=O) groups is 1. The molecule has 0 bridgehead atoms. The lowest BCUT2D eigenvalue weighted by Crippen LogP contribution is -2.00. The van der Waals surface area contributed by atoms with Crippen LogP contribution in [-0.2, 0) is 11.2 Å². The van der Waals surface area contributed by atoms with Gasteiger partial charge in [0.25, 0.3) is 0 Å². The lowest BCUT2D eigenvalue weighted by atomic mass is 10.1. The quantitative estimate of drug-likeness (QED) is 0.597. The van der Waals surface area contributed by atoms with Crippen molar-refractivity contribution in [2.75, 3.05) is 0 Å². The van der Waals surface area contributed by atoms with Crippen LogP contribution < -0.4 is 0 Å². The molecule has 0 atom stereocenters. The molecule has 0 spiro atoms. The van der Waals surface area contributed by atoms with Crippen molar-refractivity contribution in [3.63, 3.8) is 0 Å². The molecule has 1 aromatic rings. The molecular formula is C9H7NO4. The van der Waals surface area contributed by atoms with E-state index in [4.69, 9.17) is 15.5 Å². The summed E-state index contributed by atoms with van der Waals surface area (Å²) in [6.07, 6.45) is -0.436. The van der Waals surface area contributed by atoms with Crippen LogP contribution in [0.15, 0.2) is 12.1 Å². The van der Waals surface area contributed by atoms with E-state index in [1.807, 2.05) is 0 Å². The third-order valence-corrected chi connectivity index (χ3v) is 1.64. The van der Waals surface area contributed by atoms with Gasteiger partial charge in [0.2, 0.25) is 0 Å². The van der Waals surface area contributed by atoms with Crippen molar-refractivity contribution >= 4 is 5.97 Å². The number of hydrogen-bond donors (Lipinski definition) is 3. The Labute approximate surface area is 79.5 Å². The molecule has 5 nitrogen and oxygen atoms in total. The number of nitriles is 1. The van der Waals surface area contributed by atoms with Crippen molar-refractivity contribution in [2.45, 2.75) is 6.42 Å². The zero-order chi connectivity index (χ0) is 10.7. The minimum absolute atomic E-state index is 0.0223. The molecule has 0 amide bonds. The van der Waals surface area contributed by atoms with E-state index in [-0.39, 0.29) is 11.1 Å². The summed E-state index contributed by atoms with van der Waals surface area (Å²) in [6, 6.07) is 4.04. The molecule has 0 aromatic heterocycles. The Bertz CT molecular complexity index is 420. The van der Waals surface area contributed by atoms with Crippen molar-refractivity contribution in [2.24, 2.45) is 0 Å². The minimum Gasteiger partial charge on any atom is -0.504 e. The van der Waals surface area contributed by atoms with E-state index in [1.54, 1.807) is 6.07 Å². The smallest absolute Gasteiger partial charge is 0.307 e. The molecule has 0 unspecified atom stereocenters. The Morgan fingerprint density at radius 2 is 2.07 bits per heavy atom. The molecule has 5 heteroatoms. The van der Waals surface area contributed by atoms with Gasteiger partial charge in [-0.1, -0.05) is 0 Å². The fourth-order valence-electron chi connectivity index (χ4n) is 1.04. The van der Waals surface area contributed by atoms with Crippen LogP contribution in [0.3, 0.4) is 0 Å². The summed E-state index contributed by atoms with van der Waals surface area (Å²) >= 11 is 0. The summed E-state index contributed by atoms with van der Waals surface area (Å²) in [4.78, 5) is 10.4. The highest BCUT2D eigenvalue weighted by Crippen LogP contribution is 2.30. The first-order chi connectivity index (χ1) is 6.54. The Morgan fingerprint density at radius 3 is 2.57 bits per heavy atom. The maximum Gasteiger partial charge on any atom is 0.307 e. The monoisotopic (exact) mass is 193 g/mol. The highest BCUT2D eigenvalue weighted by Gasteiger charge is 2.11. The summed E-state index contributed by atoms with van der Waals surface area (Å²) in [6.45, 7) is 0. The third-order valence-electron chi connectivity index (χ3n) is 1.64. The second-order valence-corrected chi connectivity index (χ2v) is 2.69. The van der Waals surface area contributed by atoms with Crippen LogP contribution >= 0.6 is 0 Å². The molecule has 72 valence electrons. The van der Waals surface area contributed by atoms with Gasteiger partial charge in [-0.25, -0.2) is 0 Å². The van der Waals surface area contributed by atoms with Crippen molar-refractivity contribution in [1.29, 1.82) is 5.26 Å². The van der Waals surface area contributed by atoms with Gasteiger partial charge in [-0.15, -0.1) is 0 Å². The van der Waals surface area contributed by atoms with E-state index >= 15 is 0 Å². The standard InChI is InChI=1S/C9H7NO4/c10-4-5-1-6(3-8(12)13)9(14)7(11)2-5/h1-2,11,14H,3H2,(H,12,13). The number of hydrogen-bond acceptors (Lipinski definition) is 4. The molecule has 0 fully saturated rings. The number of phenolic OH excluding ortho intramolecular Hbond substituents is 2. The highest BCUT2D eigenvalue weighted by atomic mass is 16.4. The minimum atomic E-state index is -1.14.